The first kappa shape index (κ1) is 30.0. The van der Waals surface area contributed by atoms with Crippen LogP contribution in [0.1, 0.15) is 6.92 Å². The van der Waals surface area contributed by atoms with E-state index < -0.39 is 90.7 Å². The quantitative estimate of drug-likeness (QED) is 0.159. The molecule has 1 aromatic heterocycles. The van der Waals surface area contributed by atoms with Gasteiger partial charge in [0, 0.05) is 17.7 Å². The van der Waals surface area contributed by atoms with Crippen LogP contribution in [0.5, 0.6) is 23.0 Å². The lowest BCUT2D eigenvalue weighted by atomic mass is 9.97. The number of phenolic OH excluding ortho intramolecular Hbond substituents is 3. The Bertz CT molecular complexity index is 1470. The number of benzene rings is 2. The molecule has 0 radical (unpaired) electrons. The van der Waals surface area contributed by atoms with Crippen molar-refractivity contribution in [2.75, 3.05) is 6.61 Å². The molecule has 2 saturated heterocycles. The molecule has 3 aromatic rings. The van der Waals surface area contributed by atoms with Crippen molar-refractivity contribution in [3.63, 3.8) is 0 Å². The van der Waals surface area contributed by atoms with Gasteiger partial charge >= 0.3 is 0 Å². The first-order valence-corrected chi connectivity index (χ1v) is 12.9. The van der Waals surface area contributed by atoms with Gasteiger partial charge in [-0.1, -0.05) is 0 Å². The molecule has 5 rings (SSSR count). The third-order valence-corrected chi connectivity index (χ3v) is 7.20. The van der Waals surface area contributed by atoms with Crippen LogP contribution in [-0.2, 0) is 14.2 Å². The van der Waals surface area contributed by atoms with Crippen LogP contribution in [-0.4, -0.2) is 114 Å². The molecule has 0 aliphatic carbocycles. The van der Waals surface area contributed by atoms with Crippen molar-refractivity contribution < 1.29 is 69.3 Å². The fourth-order valence-corrected chi connectivity index (χ4v) is 4.89. The number of hydrogen-bond donors (Lipinski definition) is 9. The largest absolute Gasteiger partial charge is 0.508 e. The van der Waals surface area contributed by atoms with Crippen LogP contribution in [0.15, 0.2) is 45.6 Å². The zero-order valence-electron chi connectivity index (χ0n) is 21.9. The number of aliphatic hydroxyl groups is 6. The summed E-state index contributed by atoms with van der Waals surface area (Å²) in [5, 5.41) is 91.9. The standard InChI is InChI=1S/C27H30O15/c1-9-17(32)20(35)21(36)26(38-9)41-24-18(33)15(8-28)40-27(22(24)37)42-25-19(34)16-13(31)6-12(30)7-14(16)39-23(25)10-2-4-11(29)5-3-10/h2-7,9,15,17-18,20-22,24,26-33,35-37H,8H2,1H3/t9-,15-,17-,18+,20+,21-,22+,24-,26-,27-/m0/s1. The molecule has 2 aliphatic rings. The molecule has 3 heterocycles. The molecular weight excluding hydrogens is 564 g/mol. The number of ether oxygens (including phenoxy) is 4. The molecule has 0 unspecified atom stereocenters. The summed E-state index contributed by atoms with van der Waals surface area (Å²) in [6.07, 6.45) is -16.2. The van der Waals surface area contributed by atoms with Gasteiger partial charge in [0.15, 0.2) is 12.1 Å². The van der Waals surface area contributed by atoms with E-state index in [1.165, 1.54) is 31.2 Å². The smallest absolute Gasteiger partial charge is 0.239 e. The van der Waals surface area contributed by atoms with Crippen LogP contribution in [0.4, 0.5) is 0 Å². The monoisotopic (exact) mass is 594 g/mol. The molecule has 15 nitrogen and oxygen atoms in total. The predicted octanol–water partition coefficient (Wildman–Crippen LogP) is -1.39. The first-order valence-electron chi connectivity index (χ1n) is 12.9. The molecule has 0 amide bonds. The molecule has 0 saturated carbocycles. The maximum atomic E-state index is 13.6. The van der Waals surface area contributed by atoms with Crippen molar-refractivity contribution in [3.05, 3.63) is 46.6 Å². The van der Waals surface area contributed by atoms with Crippen LogP contribution in [0.3, 0.4) is 0 Å². The van der Waals surface area contributed by atoms with Gasteiger partial charge in [-0.15, -0.1) is 0 Å². The highest BCUT2D eigenvalue weighted by atomic mass is 16.7. The normalized spacial score (nSPS) is 33.5. The van der Waals surface area contributed by atoms with Gasteiger partial charge in [-0.2, -0.15) is 0 Å². The van der Waals surface area contributed by atoms with E-state index in [2.05, 4.69) is 0 Å². The van der Waals surface area contributed by atoms with E-state index in [-0.39, 0.29) is 28.0 Å². The fraction of sp³-hybridized carbons (Fsp3) is 0.444. The van der Waals surface area contributed by atoms with Crippen LogP contribution < -0.4 is 10.2 Å². The summed E-state index contributed by atoms with van der Waals surface area (Å²) >= 11 is 0. The van der Waals surface area contributed by atoms with Crippen molar-refractivity contribution in [2.45, 2.75) is 68.3 Å². The SMILES string of the molecule is C[C@@H]1O[C@@H](O[C@@H]2[C@@H](O)[C@H](Oc3c(-c4ccc(O)cc4)oc4cc(O)cc(O)c4c3=O)O[C@@H](CO)[C@H]2O)[C@@H](O)[C@H](O)[C@H]1O. The van der Waals surface area contributed by atoms with Crippen LogP contribution in [0, 0.1) is 0 Å². The molecule has 42 heavy (non-hydrogen) atoms. The highest BCUT2D eigenvalue weighted by molar-refractivity contribution is 5.88. The van der Waals surface area contributed by atoms with Gasteiger partial charge in [-0.05, 0) is 31.2 Å². The average molecular weight is 595 g/mol. The summed E-state index contributed by atoms with van der Waals surface area (Å²) in [6, 6.07) is 7.32. The van der Waals surface area contributed by atoms with Gasteiger partial charge < -0.3 is 69.3 Å². The van der Waals surface area contributed by atoms with Crippen molar-refractivity contribution in [3.8, 4) is 34.3 Å². The van der Waals surface area contributed by atoms with Crippen molar-refractivity contribution in [1.82, 2.24) is 0 Å². The molecule has 2 fully saturated rings. The Kier molecular flexibility index (Phi) is 8.30. The van der Waals surface area contributed by atoms with E-state index >= 15 is 0 Å². The van der Waals surface area contributed by atoms with Crippen molar-refractivity contribution in [2.24, 2.45) is 0 Å². The van der Waals surface area contributed by atoms with Gasteiger partial charge in [0.1, 0.15) is 70.9 Å². The Labute approximate surface area is 236 Å². The van der Waals surface area contributed by atoms with Crippen molar-refractivity contribution in [1.29, 1.82) is 0 Å². The topological polar surface area (TPSA) is 249 Å². The summed E-state index contributed by atoms with van der Waals surface area (Å²) in [4.78, 5) is 13.6. The zero-order valence-corrected chi connectivity index (χ0v) is 21.9. The Morgan fingerprint density at radius 1 is 0.810 bits per heavy atom. The molecule has 2 aliphatic heterocycles. The highest BCUT2D eigenvalue weighted by Gasteiger charge is 2.51. The first-order chi connectivity index (χ1) is 19.9. The molecule has 0 bridgehead atoms. The third kappa shape index (κ3) is 5.37. The Morgan fingerprint density at radius 2 is 1.50 bits per heavy atom. The number of aliphatic hydroxyl groups excluding tert-OH is 6. The van der Waals surface area contributed by atoms with E-state index in [1.54, 1.807) is 0 Å². The lowest BCUT2D eigenvalue weighted by molar-refractivity contribution is -0.349. The molecule has 10 atom stereocenters. The number of fused-ring (bicyclic) bond motifs is 1. The summed E-state index contributed by atoms with van der Waals surface area (Å²) in [5.41, 5.74) is -0.975. The van der Waals surface area contributed by atoms with Crippen LogP contribution in [0.2, 0.25) is 0 Å². The number of aromatic hydroxyl groups is 3. The Balaban J connectivity index is 1.54. The minimum absolute atomic E-state index is 0.107. The molecule has 15 heteroatoms. The van der Waals surface area contributed by atoms with Gasteiger partial charge in [0.05, 0.1) is 12.7 Å². The fourth-order valence-electron chi connectivity index (χ4n) is 4.89. The van der Waals surface area contributed by atoms with E-state index in [0.29, 0.717) is 0 Å². The van der Waals surface area contributed by atoms with E-state index in [4.69, 9.17) is 23.4 Å². The molecular formula is C27H30O15. The van der Waals surface area contributed by atoms with Gasteiger partial charge in [-0.25, -0.2) is 0 Å². The van der Waals surface area contributed by atoms with E-state index in [0.717, 1.165) is 12.1 Å². The zero-order chi connectivity index (χ0) is 30.5. The minimum Gasteiger partial charge on any atom is -0.508 e. The maximum absolute atomic E-state index is 13.6. The van der Waals surface area contributed by atoms with Crippen molar-refractivity contribution >= 4 is 11.0 Å². The summed E-state index contributed by atoms with van der Waals surface area (Å²) in [5.74, 6) is -2.00. The Morgan fingerprint density at radius 3 is 2.17 bits per heavy atom. The van der Waals surface area contributed by atoms with Gasteiger partial charge in [-0.3, -0.25) is 4.79 Å². The lowest BCUT2D eigenvalue weighted by Gasteiger charge is -2.45. The summed E-state index contributed by atoms with van der Waals surface area (Å²) in [7, 11) is 0. The molecule has 2 aromatic carbocycles. The summed E-state index contributed by atoms with van der Waals surface area (Å²) in [6.45, 7) is 0.588. The third-order valence-electron chi connectivity index (χ3n) is 7.20. The highest BCUT2D eigenvalue weighted by Crippen LogP contribution is 2.38. The number of phenols is 3. The molecule has 0 spiro atoms. The second kappa shape index (κ2) is 11.6. The summed E-state index contributed by atoms with van der Waals surface area (Å²) < 4.78 is 28.1. The molecule has 228 valence electrons. The van der Waals surface area contributed by atoms with E-state index in [1.807, 2.05) is 0 Å². The molecule has 9 N–H and O–H groups in total. The van der Waals surface area contributed by atoms with Gasteiger partial charge in [0.2, 0.25) is 17.5 Å². The second-order valence-electron chi connectivity index (χ2n) is 10.1. The Hall–Kier alpha value is -3.51. The van der Waals surface area contributed by atoms with Crippen LogP contribution >= 0.6 is 0 Å². The maximum Gasteiger partial charge on any atom is 0.239 e. The average Bonchev–Trinajstić information content (AvgIpc) is 2.95. The van der Waals surface area contributed by atoms with Gasteiger partial charge in [0.25, 0.3) is 0 Å². The van der Waals surface area contributed by atoms with Crippen LogP contribution in [0.25, 0.3) is 22.3 Å². The number of rotatable bonds is 6. The second-order valence-corrected chi connectivity index (χ2v) is 10.1. The minimum atomic E-state index is -1.92. The van der Waals surface area contributed by atoms with E-state index in [9.17, 15) is 50.8 Å². The lowest BCUT2D eigenvalue weighted by Crippen LogP contribution is -2.64. The predicted molar refractivity (Wildman–Crippen MR) is 139 cm³/mol. The number of hydrogen-bond acceptors (Lipinski definition) is 15.